The Labute approximate surface area is 148 Å². The van der Waals surface area contributed by atoms with Crippen molar-refractivity contribution in [3.63, 3.8) is 0 Å². The van der Waals surface area contributed by atoms with Gasteiger partial charge in [0.05, 0.1) is 6.61 Å². The van der Waals surface area contributed by atoms with Crippen molar-refractivity contribution in [2.45, 2.75) is 13.3 Å². The molecule has 0 aromatic heterocycles. The molecule has 0 saturated carbocycles. The second-order valence-corrected chi connectivity index (χ2v) is 5.71. The first-order valence-electron chi connectivity index (χ1n) is 8.35. The van der Waals surface area contributed by atoms with Gasteiger partial charge in [-0.05, 0) is 66.1 Å². The van der Waals surface area contributed by atoms with E-state index < -0.39 is 0 Å². The van der Waals surface area contributed by atoms with E-state index in [2.05, 4.69) is 43.0 Å². The molecule has 2 heteroatoms. The van der Waals surface area contributed by atoms with E-state index in [-0.39, 0.29) is 5.82 Å². The maximum absolute atomic E-state index is 12.9. The van der Waals surface area contributed by atoms with Crippen LogP contribution in [0.5, 0.6) is 5.75 Å². The normalized spacial score (nSPS) is 10.0. The molecule has 3 aromatic rings. The van der Waals surface area contributed by atoms with Crippen molar-refractivity contribution in [1.82, 2.24) is 0 Å². The lowest BCUT2D eigenvalue weighted by molar-refractivity contribution is 0.317. The maximum atomic E-state index is 12.9. The van der Waals surface area contributed by atoms with Crippen LogP contribution in [-0.2, 0) is 0 Å². The van der Waals surface area contributed by atoms with Gasteiger partial charge < -0.3 is 4.74 Å². The summed E-state index contributed by atoms with van der Waals surface area (Å²) >= 11 is 0. The number of rotatable bonds is 4. The van der Waals surface area contributed by atoms with Crippen molar-refractivity contribution in [1.29, 1.82) is 0 Å². The predicted octanol–water partition coefficient (Wildman–Crippen LogP) is 5.68. The number of benzene rings is 3. The molecular formula is C23H19FO. The third-order valence-electron chi connectivity index (χ3n) is 3.74. The standard InChI is InChI=1S/C23H19FO/c1-2-17-25-23-15-11-21(12-16-23)20-9-5-18(6-10-20)3-4-19-7-13-22(24)14-8-19/h5-16H,2,17H2,1H3. The molecule has 3 rings (SSSR count). The highest BCUT2D eigenvalue weighted by Crippen LogP contribution is 2.22. The number of hydrogen-bond acceptors (Lipinski definition) is 1. The summed E-state index contributed by atoms with van der Waals surface area (Å²) in [6.07, 6.45) is 1.00. The molecular weight excluding hydrogens is 311 g/mol. The van der Waals surface area contributed by atoms with Crippen LogP contribution in [0, 0.1) is 17.7 Å². The van der Waals surface area contributed by atoms with Gasteiger partial charge in [-0.2, -0.15) is 0 Å². The Morgan fingerprint density at radius 3 is 1.72 bits per heavy atom. The third kappa shape index (κ3) is 4.71. The van der Waals surface area contributed by atoms with E-state index in [9.17, 15) is 4.39 Å². The fourth-order valence-electron chi connectivity index (χ4n) is 2.39. The van der Waals surface area contributed by atoms with Gasteiger partial charge in [0.1, 0.15) is 11.6 Å². The minimum Gasteiger partial charge on any atom is -0.494 e. The highest BCUT2D eigenvalue weighted by atomic mass is 19.1. The SMILES string of the molecule is CCCOc1ccc(-c2ccc(C#Cc3ccc(F)cc3)cc2)cc1. The molecule has 0 unspecified atom stereocenters. The lowest BCUT2D eigenvalue weighted by Gasteiger charge is -2.06. The van der Waals surface area contributed by atoms with Gasteiger partial charge in [0.2, 0.25) is 0 Å². The Morgan fingerprint density at radius 1 is 0.720 bits per heavy atom. The van der Waals surface area contributed by atoms with Crippen LogP contribution < -0.4 is 4.74 Å². The summed E-state index contributed by atoms with van der Waals surface area (Å²) < 4.78 is 18.5. The number of hydrogen-bond donors (Lipinski definition) is 0. The smallest absolute Gasteiger partial charge is 0.123 e. The summed E-state index contributed by atoms with van der Waals surface area (Å²) in [7, 11) is 0. The molecule has 0 heterocycles. The highest BCUT2D eigenvalue weighted by Gasteiger charge is 1.99. The number of ether oxygens (including phenoxy) is 1. The molecule has 0 aliphatic rings. The van der Waals surface area contributed by atoms with Crippen molar-refractivity contribution in [2.24, 2.45) is 0 Å². The molecule has 1 nitrogen and oxygen atoms in total. The molecule has 0 radical (unpaired) electrons. The molecule has 0 bridgehead atoms. The quantitative estimate of drug-likeness (QED) is 0.559. The molecule has 0 aliphatic heterocycles. The summed E-state index contributed by atoms with van der Waals surface area (Å²) in [6.45, 7) is 2.83. The average Bonchev–Trinajstić information content (AvgIpc) is 2.67. The van der Waals surface area contributed by atoms with E-state index in [1.165, 1.54) is 12.1 Å². The monoisotopic (exact) mass is 330 g/mol. The van der Waals surface area contributed by atoms with Gasteiger partial charge in [0.25, 0.3) is 0 Å². The van der Waals surface area contributed by atoms with E-state index in [4.69, 9.17) is 4.74 Å². The Morgan fingerprint density at radius 2 is 1.20 bits per heavy atom. The first kappa shape index (κ1) is 16.8. The topological polar surface area (TPSA) is 9.23 Å². The van der Waals surface area contributed by atoms with Gasteiger partial charge in [-0.25, -0.2) is 4.39 Å². The summed E-state index contributed by atoms with van der Waals surface area (Å²) in [5.41, 5.74) is 4.00. The van der Waals surface area contributed by atoms with Crippen molar-refractivity contribution in [2.75, 3.05) is 6.61 Å². The first-order chi connectivity index (χ1) is 12.2. The van der Waals surface area contributed by atoms with Gasteiger partial charge in [-0.1, -0.05) is 43.0 Å². The van der Waals surface area contributed by atoms with Gasteiger partial charge in [0.15, 0.2) is 0 Å². The summed E-state index contributed by atoms with van der Waals surface area (Å²) in [6, 6.07) is 22.4. The van der Waals surface area contributed by atoms with E-state index >= 15 is 0 Å². The zero-order valence-corrected chi connectivity index (χ0v) is 14.1. The lowest BCUT2D eigenvalue weighted by Crippen LogP contribution is -1.94. The fraction of sp³-hybridized carbons (Fsp3) is 0.130. The molecule has 0 N–H and O–H groups in total. The van der Waals surface area contributed by atoms with Gasteiger partial charge >= 0.3 is 0 Å². The molecule has 0 fully saturated rings. The molecule has 124 valence electrons. The second kappa shape index (κ2) is 8.17. The van der Waals surface area contributed by atoms with Gasteiger partial charge in [-0.15, -0.1) is 0 Å². The van der Waals surface area contributed by atoms with Crippen LogP contribution in [0.3, 0.4) is 0 Å². The van der Waals surface area contributed by atoms with Crippen molar-refractivity contribution in [3.8, 4) is 28.7 Å². The molecule has 0 spiro atoms. The van der Waals surface area contributed by atoms with E-state index in [1.54, 1.807) is 12.1 Å². The predicted molar refractivity (Wildman–Crippen MR) is 100 cm³/mol. The minimum atomic E-state index is -0.249. The Bertz CT molecular complexity index is 867. The first-order valence-corrected chi connectivity index (χ1v) is 8.35. The molecule has 0 atom stereocenters. The van der Waals surface area contributed by atoms with Crippen molar-refractivity contribution < 1.29 is 9.13 Å². The molecule has 0 saturated heterocycles. The largest absolute Gasteiger partial charge is 0.494 e. The van der Waals surface area contributed by atoms with E-state index in [1.807, 2.05) is 24.3 Å². The summed E-state index contributed by atoms with van der Waals surface area (Å²) in [4.78, 5) is 0. The minimum absolute atomic E-state index is 0.249. The van der Waals surface area contributed by atoms with Crippen LogP contribution in [0.15, 0.2) is 72.8 Å². The molecule has 25 heavy (non-hydrogen) atoms. The third-order valence-corrected chi connectivity index (χ3v) is 3.74. The maximum Gasteiger partial charge on any atom is 0.123 e. The van der Waals surface area contributed by atoms with Crippen LogP contribution >= 0.6 is 0 Å². The molecule has 0 aliphatic carbocycles. The van der Waals surface area contributed by atoms with Crippen LogP contribution in [0.1, 0.15) is 24.5 Å². The van der Waals surface area contributed by atoms with Crippen LogP contribution in [0.25, 0.3) is 11.1 Å². The second-order valence-electron chi connectivity index (χ2n) is 5.71. The van der Waals surface area contributed by atoms with Crippen LogP contribution in [-0.4, -0.2) is 6.61 Å². The zero-order valence-electron chi connectivity index (χ0n) is 14.1. The van der Waals surface area contributed by atoms with E-state index in [0.29, 0.717) is 0 Å². The fourth-order valence-corrected chi connectivity index (χ4v) is 2.39. The van der Waals surface area contributed by atoms with Crippen LogP contribution in [0.4, 0.5) is 4.39 Å². The van der Waals surface area contributed by atoms with Crippen molar-refractivity contribution in [3.05, 3.63) is 89.7 Å². The highest BCUT2D eigenvalue weighted by molar-refractivity contribution is 5.65. The molecule has 3 aromatic carbocycles. The summed E-state index contributed by atoms with van der Waals surface area (Å²) in [5.74, 6) is 6.79. The zero-order chi connectivity index (χ0) is 17.5. The Hall–Kier alpha value is -3.05. The van der Waals surface area contributed by atoms with Gasteiger partial charge in [-0.3, -0.25) is 0 Å². The molecule has 0 amide bonds. The Balaban J connectivity index is 1.71. The summed E-state index contributed by atoms with van der Waals surface area (Å²) in [5, 5.41) is 0. The number of halogens is 1. The van der Waals surface area contributed by atoms with Crippen LogP contribution in [0.2, 0.25) is 0 Å². The lowest BCUT2D eigenvalue weighted by atomic mass is 10.0. The van der Waals surface area contributed by atoms with Gasteiger partial charge in [0, 0.05) is 11.1 Å². The average molecular weight is 330 g/mol. The van der Waals surface area contributed by atoms with Crippen molar-refractivity contribution >= 4 is 0 Å². The van der Waals surface area contributed by atoms with E-state index in [0.717, 1.165) is 41.0 Å². The Kier molecular flexibility index (Phi) is 5.49.